The minimum absolute atomic E-state index is 0.143. The number of ether oxygens (including phenoxy) is 1. The topological polar surface area (TPSA) is 81.5 Å². The van der Waals surface area contributed by atoms with E-state index < -0.39 is 0 Å². The summed E-state index contributed by atoms with van der Waals surface area (Å²) in [6.45, 7) is 3.45. The van der Waals surface area contributed by atoms with Gasteiger partial charge >= 0.3 is 0 Å². The first-order chi connectivity index (χ1) is 8.11. The molecule has 4 heteroatoms. The number of rotatable bonds is 2. The van der Waals surface area contributed by atoms with Crippen molar-refractivity contribution in [3.05, 3.63) is 23.3 Å². The summed E-state index contributed by atoms with van der Waals surface area (Å²) in [6, 6.07) is 3.46. The maximum atomic E-state index is 10.0. The van der Waals surface area contributed by atoms with Crippen LogP contribution >= 0.6 is 0 Å². The third-order valence-corrected chi connectivity index (χ3v) is 3.57. The molecule has 0 amide bonds. The zero-order valence-corrected chi connectivity index (χ0v) is 10.1. The Morgan fingerprint density at radius 1 is 1.35 bits per heavy atom. The Balaban J connectivity index is 2.29. The second-order valence-electron chi connectivity index (χ2n) is 4.71. The molecule has 1 atom stereocenters. The van der Waals surface area contributed by atoms with Crippen LogP contribution in [0.5, 0.6) is 5.75 Å². The molecule has 1 fully saturated rings. The summed E-state index contributed by atoms with van der Waals surface area (Å²) < 4.78 is 5.33. The molecular formula is C13H20N2O2. The predicted octanol–water partition coefficient (Wildman–Crippen LogP) is 1.71. The van der Waals surface area contributed by atoms with E-state index in [2.05, 4.69) is 0 Å². The van der Waals surface area contributed by atoms with Gasteiger partial charge < -0.3 is 21.3 Å². The highest BCUT2D eigenvalue weighted by Gasteiger charge is 2.26. The van der Waals surface area contributed by atoms with E-state index in [-0.39, 0.29) is 11.8 Å². The highest BCUT2D eigenvalue weighted by molar-refractivity contribution is 5.59. The number of anilines is 1. The molecule has 0 radical (unpaired) electrons. The van der Waals surface area contributed by atoms with Crippen LogP contribution in [0.3, 0.4) is 0 Å². The summed E-state index contributed by atoms with van der Waals surface area (Å²) in [5.41, 5.74) is 14.2. The summed E-state index contributed by atoms with van der Waals surface area (Å²) in [7, 11) is 0. The van der Waals surface area contributed by atoms with Crippen molar-refractivity contribution in [3.63, 3.8) is 0 Å². The van der Waals surface area contributed by atoms with Gasteiger partial charge in [-0.25, -0.2) is 0 Å². The number of phenolic OH excluding ortho intramolecular Hbond substituents is 1. The highest BCUT2D eigenvalue weighted by Crippen LogP contribution is 2.37. The molecule has 94 valence electrons. The molecular weight excluding hydrogens is 216 g/mol. The Labute approximate surface area is 102 Å². The normalized spacial score (nSPS) is 19.2. The van der Waals surface area contributed by atoms with Crippen molar-refractivity contribution in [2.24, 2.45) is 11.7 Å². The first-order valence-corrected chi connectivity index (χ1v) is 6.02. The third kappa shape index (κ3) is 2.37. The average molecular weight is 236 g/mol. The van der Waals surface area contributed by atoms with E-state index in [1.165, 1.54) is 0 Å². The van der Waals surface area contributed by atoms with Crippen LogP contribution < -0.4 is 11.5 Å². The lowest BCUT2D eigenvalue weighted by Gasteiger charge is -2.29. The summed E-state index contributed by atoms with van der Waals surface area (Å²) >= 11 is 0. The van der Waals surface area contributed by atoms with Gasteiger partial charge in [0.2, 0.25) is 0 Å². The third-order valence-electron chi connectivity index (χ3n) is 3.57. The molecule has 17 heavy (non-hydrogen) atoms. The first kappa shape index (κ1) is 12.2. The first-order valence-electron chi connectivity index (χ1n) is 6.02. The summed E-state index contributed by atoms with van der Waals surface area (Å²) in [4.78, 5) is 0. The molecule has 4 nitrogen and oxygen atoms in total. The zero-order valence-electron chi connectivity index (χ0n) is 10.1. The summed E-state index contributed by atoms with van der Waals surface area (Å²) in [6.07, 6.45) is 1.88. The maximum absolute atomic E-state index is 10.0. The van der Waals surface area contributed by atoms with Crippen molar-refractivity contribution < 1.29 is 9.84 Å². The van der Waals surface area contributed by atoms with Gasteiger partial charge in [0.1, 0.15) is 5.75 Å². The van der Waals surface area contributed by atoms with Crippen molar-refractivity contribution >= 4 is 5.69 Å². The number of aryl methyl sites for hydroxylation is 1. The van der Waals surface area contributed by atoms with Gasteiger partial charge in [-0.15, -0.1) is 0 Å². The van der Waals surface area contributed by atoms with Crippen LogP contribution in [0.2, 0.25) is 0 Å². The van der Waals surface area contributed by atoms with Crippen molar-refractivity contribution in [2.45, 2.75) is 25.8 Å². The second kappa shape index (κ2) is 4.94. The van der Waals surface area contributed by atoms with E-state index in [0.29, 0.717) is 11.6 Å². The molecule has 0 spiro atoms. The molecule has 2 rings (SSSR count). The Kier molecular flexibility index (Phi) is 3.54. The van der Waals surface area contributed by atoms with Gasteiger partial charge in [-0.05, 0) is 37.3 Å². The zero-order chi connectivity index (χ0) is 12.4. The van der Waals surface area contributed by atoms with Crippen LogP contribution in [0, 0.1) is 12.8 Å². The van der Waals surface area contributed by atoms with Crippen LogP contribution in [0.1, 0.15) is 30.0 Å². The monoisotopic (exact) mass is 236 g/mol. The van der Waals surface area contributed by atoms with Gasteiger partial charge in [-0.1, -0.05) is 6.07 Å². The van der Waals surface area contributed by atoms with E-state index in [0.717, 1.165) is 37.2 Å². The molecule has 1 heterocycles. The molecule has 0 saturated carbocycles. The summed E-state index contributed by atoms with van der Waals surface area (Å²) in [5.74, 6) is 0.499. The van der Waals surface area contributed by atoms with Gasteiger partial charge in [0.05, 0.1) is 5.69 Å². The van der Waals surface area contributed by atoms with Crippen molar-refractivity contribution in [3.8, 4) is 5.75 Å². The van der Waals surface area contributed by atoms with E-state index in [4.69, 9.17) is 16.2 Å². The molecule has 1 aliphatic rings. The quantitative estimate of drug-likeness (QED) is 0.539. The minimum Gasteiger partial charge on any atom is -0.505 e. The van der Waals surface area contributed by atoms with Gasteiger partial charge in [0, 0.05) is 24.8 Å². The van der Waals surface area contributed by atoms with Gasteiger partial charge in [-0.2, -0.15) is 0 Å². The lowest BCUT2D eigenvalue weighted by Crippen LogP contribution is -2.28. The largest absolute Gasteiger partial charge is 0.505 e. The van der Waals surface area contributed by atoms with Gasteiger partial charge in [0.15, 0.2) is 0 Å². The molecule has 0 unspecified atom stereocenters. The summed E-state index contributed by atoms with van der Waals surface area (Å²) in [5, 5.41) is 10.0. The number of nitrogen functional groups attached to an aromatic ring is 1. The van der Waals surface area contributed by atoms with E-state index >= 15 is 0 Å². The molecule has 0 bridgehead atoms. The molecule has 1 aliphatic heterocycles. The number of hydrogen-bond acceptors (Lipinski definition) is 4. The minimum atomic E-state index is -0.164. The Hall–Kier alpha value is -1.26. The fourth-order valence-electron chi connectivity index (χ4n) is 2.46. The number of nitrogens with two attached hydrogens (primary N) is 2. The van der Waals surface area contributed by atoms with Crippen LogP contribution in [0.4, 0.5) is 5.69 Å². The van der Waals surface area contributed by atoms with Crippen LogP contribution in [-0.4, -0.2) is 18.3 Å². The highest BCUT2D eigenvalue weighted by atomic mass is 16.5. The van der Waals surface area contributed by atoms with E-state index in [1.807, 2.05) is 13.0 Å². The Morgan fingerprint density at radius 2 is 2.00 bits per heavy atom. The fraction of sp³-hybridized carbons (Fsp3) is 0.538. The van der Waals surface area contributed by atoms with Crippen molar-refractivity contribution in [1.29, 1.82) is 0 Å². The molecule has 5 N–H and O–H groups in total. The van der Waals surface area contributed by atoms with Crippen LogP contribution in [0.25, 0.3) is 0 Å². The van der Waals surface area contributed by atoms with Gasteiger partial charge in [0.25, 0.3) is 0 Å². The second-order valence-corrected chi connectivity index (χ2v) is 4.71. The Morgan fingerprint density at radius 3 is 2.65 bits per heavy atom. The average Bonchev–Trinajstić information content (AvgIpc) is 2.35. The predicted molar refractivity (Wildman–Crippen MR) is 67.7 cm³/mol. The standard InChI is InChI=1S/C13H20N2O2/c1-8-2-3-10(14)13(16)11(8)12(15)9-4-6-17-7-5-9/h2-3,9,12,16H,4-7,14-15H2,1H3/t12-/m0/s1. The van der Waals surface area contributed by atoms with Gasteiger partial charge in [-0.3, -0.25) is 0 Å². The number of phenols is 1. The molecule has 1 aromatic rings. The van der Waals surface area contributed by atoms with Crippen LogP contribution in [-0.2, 0) is 4.74 Å². The lowest BCUT2D eigenvalue weighted by atomic mass is 9.85. The lowest BCUT2D eigenvalue weighted by molar-refractivity contribution is 0.0580. The molecule has 1 saturated heterocycles. The van der Waals surface area contributed by atoms with E-state index in [9.17, 15) is 5.11 Å². The Bertz CT molecular complexity index is 401. The SMILES string of the molecule is Cc1ccc(N)c(O)c1[C@@H](N)C1CCOCC1. The molecule has 0 aromatic heterocycles. The molecule has 0 aliphatic carbocycles. The number of benzene rings is 1. The van der Waals surface area contributed by atoms with E-state index in [1.54, 1.807) is 6.07 Å². The number of hydrogen-bond donors (Lipinski definition) is 3. The van der Waals surface area contributed by atoms with Crippen LogP contribution in [0.15, 0.2) is 12.1 Å². The van der Waals surface area contributed by atoms with Crippen molar-refractivity contribution in [2.75, 3.05) is 18.9 Å². The van der Waals surface area contributed by atoms with Crippen molar-refractivity contribution in [1.82, 2.24) is 0 Å². The maximum Gasteiger partial charge on any atom is 0.143 e. The fourth-order valence-corrected chi connectivity index (χ4v) is 2.46. The smallest absolute Gasteiger partial charge is 0.143 e. The number of aromatic hydroxyl groups is 1. The molecule has 1 aromatic carbocycles.